The van der Waals surface area contributed by atoms with E-state index in [-0.39, 0.29) is 11.7 Å². The number of aryl methyl sites for hydroxylation is 1. The third-order valence-corrected chi connectivity index (χ3v) is 3.44. The lowest BCUT2D eigenvalue weighted by molar-refractivity contribution is 0.0993. The molecule has 1 amide bonds. The Morgan fingerprint density at radius 1 is 1.35 bits per heavy atom. The second-order valence-corrected chi connectivity index (χ2v) is 4.88. The number of halogens is 1. The van der Waals surface area contributed by atoms with E-state index in [1.165, 1.54) is 17.8 Å². The zero-order valence-corrected chi connectivity index (χ0v) is 12.2. The van der Waals surface area contributed by atoms with Gasteiger partial charge in [0.15, 0.2) is 0 Å². The van der Waals surface area contributed by atoms with Crippen molar-refractivity contribution >= 4 is 29.0 Å². The van der Waals surface area contributed by atoms with E-state index in [1.807, 2.05) is 24.3 Å². The highest BCUT2D eigenvalue weighted by Crippen LogP contribution is 2.22. The lowest BCUT2D eigenvalue weighted by atomic mass is 10.1. The number of hydrogen-bond acceptors (Lipinski definition) is 3. The summed E-state index contributed by atoms with van der Waals surface area (Å²) in [5, 5.41) is 0.293. The van der Waals surface area contributed by atoms with Gasteiger partial charge in [-0.15, -0.1) is 0 Å². The molecule has 20 heavy (non-hydrogen) atoms. The van der Waals surface area contributed by atoms with Gasteiger partial charge in [0.2, 0.25) is 0 Å². The van der Waals surface area contributed by atoms with Crippen LogP contribution in [0, 0.1) is 0 Å². The summed E-state index contributed by atoms with van der Waals surface area (Å²) in [6, 6.07) is 9.31. The summed E-state index contributed by atoms with van der Waals surface area (Å²) in [5.74, 6) is 0.0563. The topological polar surface area (TPSA) is 59.2 Å². The van der Waals surface area contributed by atoms with Crippen molar-refractivity contribution in [3.8, 4) is 0 Å². The molecule has 0 aliphatic heterocycles. The largest absolute Gasteiger partial charge is 0.384 e. The van der Waals surface area contributed by atoms with Gasteiger partial charge >= 0.3 is 0 Å². The van der Waals surface area contributed by atoms with Crippen LogP contribution in [-0.2, 0) is 6.42 Å². The third-order valence-electron chi connectivity index (χ3n) is 3.14. The van der Waals surface area contributed by atoms with E-state index < -0.39 is 0 Å². The quantitative estimate of drug-likeness (QED) is 0.944. The molecule has 0 aliphatic rings. The van der Waals surface area contributed by atoms with E-state index in [2.05, 4.69) is 11.9 Å². The van der Waals surface area contributed by atoms with Crippen molar-refractivity contribution in [2.45, 2.75) is 13.3 Å². The van der Waals surface area contributed by atoms with Gasteiger partial charge in [-0.25, -0.2) is 4.98 Å². The second-order valence-electron chi connectivity index (χ2n) is 4.47. The number of pyridine rings is 1. The minimum absolute atomic E-state index is 0.214. The average molecular weight is 290 g/mol. The molecule has 2 N–H and O–H groups in total. The molecule has 0 fully saturated rings. The zero-order valence-electron chi connectivity index (χ0n) is 11.4. The number of benzene rings is 1. The number of carbonyl (C=O) groups is 1. The maximum absolute atomic E-state index is 12.4. The van der Waals surface area contributed by atoms with Crippen molar-refractivity contribution in [2.24, 2.45) is 0 Å². The normalized spacial score (nSPS) is 10.3. The molecule has 0 saturated carbocycles. The molecule has 1 aromatic heterocycles. The van der Waals surface area contributed by atoms with E-state index >= 15 is 0 Å². The number of carbonyl (C=O) groups excluding carboxylic acids is 1. The van der Waals surface area contributed by atoms with Gasteiger partial charge in [-0.2, -0.15) is 0 Å². The Morgan fingerprint density at radius 2 is 2.00 bits per heavy atom. The average Bonchev–Trinajstić information content (AvgIpc) is 2.48. The highest BCUT2D eigenvalue weighted by molar-refractivity contribution is 6.34. The molecule has 0 saturated heterocycles. The Hall–Kier alpha value is -2.07. The maximum Gasteiger partial charge on any atom is 0.259 e. The van der Waals surface area contributed by atoms with Crippen LogP contribution >= 0.6 is 11.6 Å². The number of nitrogens with zero attached hydrogens (tertiary/aromatic N) is 2. The molecule has 0 bridgehead atoms. The van der Waals surface area contributed by atoms with Crippen LogP contribution in [0.4, 0.5) is 11.5 Å². The molecule has 4 nitrogen and oxygen atoms in total. The van der Waals surface area contributed by atoms with Crippen molar-refractivity contribution in [1.29, 1.82) is 0 Å². The highest BCUT2D eigenvalue weighted by atomic mass is 35.5. The van der Waals surface area contributed by atoms with Gasteiger partial charge in [-0.05, 0) is 30.2 Å². The van der Waals surface area contributed by atoms with Gasteiger partial charge in [0.1, 0.15) is 5.82 Å². The molecule has 2 rings (SSSR count). The van der Waals surface area contributed by atoms with Gasteiger partial charge in [0, 0.05) is 18.9 Å². The van der Waals surface area contributed by atoms with E-state index in [1.54, 1.807) is 11.9 Å². The number of nitrogens with two attached hydrogens (primary N) is 1. The van der Waals surface area contributed by atoms with Crippen LogP contribution in [0.15, 0.2) is 36.5 Å². The van der Waals surface area contributed by atoms with Crippen molar-refractivity contribution < 1.29 is 4.79 Å². The van der Waals surface area contributed by atoms with E-state index in [4.69, 9.17) is 17.3 Å². The summed E-state index contributed by atoms with van der Waals surface area (Å²) in [4.78, 5) is 17.8. The molecule has 0 unspecified atom stereocenters. The zero-order chi connectivity index (χ0) is 14.7. The van der Waals surface area contributed by atoms with Crippen LogP contribution in [0.25, 0.3) is 0 Å². The molecule has 1 heterocycles. The molecule has 0 radical (unpaired) electrons. The van der Waals surface area contributed by atoms with Crippen molar-refractivity contribution in [1.82, 2.24) is 4.98 Å². The summed E-state index contributed by atoms with van der Waals surface area (Å²) in [6.45, 7) is 2.09. The van der Waals surface area contributed by atoms with E-state index in [0.717, 1.165) is 12.1 Å². The Morgan fingerprint density at radius 3 is 2.60 bits per heavy atom. The van der Waals surface area contributed by atoms with Gasteiger partial charge < -0.3 is 10.6 Å². The summed E-state index contributed by atoms with van der Waals surface area (Å²) < 4.78 is 0. The Balaban J connectivity index is 2.29. The number of aromatic nitrogens is 1. The van der Waals surface area contributed by atoms with Crippen molar-refractivity contribution in [3.63, 3.8) is 0 Å². The molecule has 0 spiro atoms. The lowest BCUT2D eigenvalue weighted by Gasteiger charge is -2.18. The van der Waals surface area contributed by atoms with E-state index in [9.17, 15) is 4.79 Å². The third kappa shape index (κ3) is 2.91. The Labute approximate surface area is 123 Å². The number of rotatable bonds is 3. The predicted molar refractivity (Wildman–Crippen MR) is 82.2 cm³/mol. The van der Waals surface area contributed by atoms with Gasteiger partial charge in [-0.1, -0.05) is 30.7 Å². The van der Waals surface area contributed by atoms with Crippen molar-refractivity contribution in [2.75, 3.05) is 17.7 Å². The number of anilines is 2. The first-order valence-electron chi connectivity index (χ1n) is 6.31. The summed E-state index contributed by atoms with van der Waals surface area (Å²) in [7, 11) is 1.70. The first kappa shape index (κ1) is 14.3. The molecule has 2 aromatic rings. The lowest BCUT2D eigenvalue weighted by Crippen LogP contribution is -2.26. The van der Waals surface area contributed by atoms with Crippen LogP contribution in [-0.4, -0.2) is 17.9 Å². The van der Waals surface area contributed by atoms with Gasteiger partial charge in [0.25, 0.3) is 5.91 Å². The van der Waals surface area contributed by atoms with E-state index in [0.29, 0.717) is 10.6 Å². The first-order chi connectivity index (χ1) is 9.52. The summed E-state index contributed by atoms with van der Waals surface area (Å²) >= 11 is 6.00. The van der Waals surface area contributed by atoms with Crippen molar-refractivity contribution in [3.05, 3.63) is 52.7 Å². The fraction of sp³-hybridized carbons (Fsp3) is 0.200. The summed E-state index contributed by atoms with van der Waals surface area (Å²) in [5.41, 5.74) is 7.98. The smallest absolute Gasteiger partial charge is 0.259 e. The van der Waals surface area contributed by atoms with Gasteiger partial charge in [-0.3, -0.25) is 4.79 Å². The highest BCUT2D eigenvalue weighted by Gasteiger charge is 2.17. The fourth-order valence-electron chi connectivity index (χ4n) is 1.87. The molecule has 1 aromatic carbocycles. The van der Waals surface area contributed by atoms with Crippen LogP contribution in [0.2, 0.25) is 5.02 Å². The van der Waals surface area contributed by atoms with Gasteiger partial charge in [0.05, 0.1) is 10.6 Å². The number of hydrogen-bond donors (Lipinski definition) is 1. The SMILES string of the molecule is CCc1ccc(N(C)C(=O)c2cc(N)ncc2Cl)cc1. The minimum atomic E-state index is -0.214. The number of amides is 1. The van der Waals surface area contributed by atoms with Crippen LogP contribution in [0.5, 0.6) is 0 Å². The molecular formula is C15H16ClN3O. The predicted octanol–water partition coefficient (Wildman–Crippen LogP) is 3.16. The molecule has 104 valence electrons. The summed E-state index contributed by atoms with van der Waals surface area (Å²) in [6.07, 6.45) is 2.35. The first-order valence-corrected chi connectivity index (χ1v) is 6.68. The standard InChI is InChI=1S/C15H16ClN3O/c1-3-10-4-6-11(7-5-10)19(2)15(20)12-8-14(17)18-9-13(12)16/h4-9H,3H2,1-2H3,(H2,17,18). The number of nitrogen functional groups attached to an aromatic ring is 1. The van der Waals surface area contributed by atoms with Crippen LogP contribution < -0.4 is 10.6 Å². The van der Waals surface area contributed by atoms with Crippen LogP contribution in [0.3, 0.4) is 0 Å². The minimum Gasteiger partial charge on any atom is -0.384 e. The molecule has 0 aliphatic carbocycles. The Kier molecular flexibility index (Phi) is 4.25. The maximum atomic E-state index is 12.4. The Bertz CT molecular complexity index is 626. The molecule has 0 atom stereocenters. The van der Waals surface area contributed by atoms with Crippen LogP contribution in [0.1, 0.15) is 22.8 Å². The second kappa shape index (κ2) is 5.92. The fourth-order valence-corrected chi connectivity index (χ4v) is 2.06. The molecule has 5 heteroatoms. The molecular weight excluding hydrogens is 274 g/mol. The monoisotopic (exact) mass is 289 g/mol.